The highest BCUT2D eigenvalue weighted by molar-refractivity contribution is 5.53. The van der Waals surface area contributed by atoms with Crippen molar-refractivity contribution in [1.29, 1.82) is 0 Å². The molecule has 1 aromatic heterocycles. The Bertz CT molecular complexity index is 539. The van der Waals surface area contributed by atoms with Crippen molar-refractivity contribution in [3.05, 3.63) is 35.4 Å². The molecule has 0 radical (unpaired) electrons. The third kappa shape index (κ3) is 2.30. The van der Waals surface area contributed by atoms with Crippen LogP contribution in [0.1, 0.15) is 11.4 Å². The fourth-order valence-electron chi connectivity index (χ4n) is 1.20. The summed E-state index contributed by atoms with van der Waals surface area (Å²) in [5, 5.41) is 7.54. The molecule has 0 atom stereocenters. The Morgan fingerprint density at radius 3 is 2.59 bits per heavy atom. The van der Waals surface area contributed by atoms with Crippen LogP contribution in [0.5, 0.6) is 11.8 Å². The van der Waals surface area contributed by atoms with E-state index in [0.717, 1.165) is 0 Å². The molecular weight excluding hydrogens is 223 g/mol. The van der Waals surface area contributed by atoms with E-state index < -0.39 is 5.82 Å². The zero-order valence-electron chi connectivity index (χ0n) is 9.44. The van der Waals surface area contributed by atoms with Gasteiger partial charge in [-0.25, -0.2) is 4.39 Å². The van der Waals surface area contributed by atoms with E-state index in [1.807, 2.05) is 0 Å². The van der Waals surface area contributed by atoms with Gasteiger partial charge in [-0.15, -0.1) is 5.10 Å². The van der Waals surface area contributed by atoms with E-state index in [4.69, 9.17) is 10.5 Å². The number of nitrogen functional groups attached to an aromatic ring is 1. The Morgan fingerprint density at radius 2 is 1.94 bits per heavy atom. The number of benzene rings is 1. The maximum atomic E-state index is 13.4. The molecule has 6 heteroatoms. The number of para-hydroxylation sites is 1. The number of aromatic nitrogens is 3. The monoisotopic (exact) mass is 234 g/mol. The molecule has 0 aliphatic carbocycles. The van der Waals surface area contributed by atoms with Gasteiger partial charge in [0.1, 0.15) is 0 Å². The second-order valence-electron chi connectivity index (χ2n) is 3.53. The van der Waals surface area contributed by atoms with Crippen molar-refractivity contribution in [2.24, 2.45) is 0 Å². The first kappa shape index (κ1) is 11.3. The molecule has 2 rings (SSSR count). The molecule has 1 aromatic carbocycles. The maximum Gasteiger partial charge on any atom is 0.341 e. The molecule has 0 aliphatic heterocycles. The molecule has 5 nitrogen and oxygen atoms in total. The van der Waals surface area contributed by atoms with Crippen molar-refractivity contribution < 1.29 is 9.13 Å². The predicted octanol–water partition coefficient (Wildman–Crippen LogP) is 2.00. The largest absolute Gasteiger partial charge is 0.418 e. The zero-order chi connectivity index (χ0) is 12.4. The first-order valence-corrected chi connectivity index (χ1v) is 4.97. The summed E-state index contributed by atoms with van der Waals surface area (Å²) in [6, 6.07) is 4.26. The lowest BCUT2D eigenvalue weighted by Crippen LogP contribution is -2.02. The molecule has 0 fully saturated rings. The fraction of sp³-hybridized carbons (Fsp3) is 0.182. The molecule has 2 aromatic rings. The highest BCUT2D eigenvalue weighted by Crippen LogP contribution is 2.28. The zero-order valence-corrected chi connectivity index (χ0v) is 9.44. The van der Waals surface area contributed by atoms with Crippen molar-refractivity contribution in [2.45, 2.75) is 13.8 Å². The number of ether oxygens (including phenoxy) is 1. The first-order valence-electron chi connectivity index (χ1n) is 4.97. The van der Waals surface area contributed by atoms with E-state index in [-0.39, 0.29) is 17.4 Å². The van der Waals surface area contributed by atoms with Gasteiger partial charge in [0.15, 0.2) is 11.6 Å². The normalized spacial score (nSPS) is 10.3. The summed E-state index contributed by atoms with van der Waals surface area (Å²) in [6.07, 6.45) is 0. The van der Waals surface area contributed by atoms with Gasteiger partial charge in [-0.05, 0) is 26.0 Å². The van der Waals surface area contributed by atoms with Gasteiger partial charge in [0.05, 0.1) is 17.1 Å². The third-order valence-corrected chi connectivity index (χ3v) is 2.26. The number of anilines is 1. The summed E-state index contributed by atoms with van der Waals surface area (Å²) in [5.41, 5.74) is 7.15. The predicted molar refractivity (Wildman–Crippen MR) is 60.2 cm³/mol. The second-order valence-corrected chi connectivity index (χ2v) is 3.53. The first-order chi connectivity index (χ1) is 8.08. The molecule has 0 saturated heterocycles. The number of halogens is 1. The topological polar surface area (TPSA) is 73.9 Å². The van der Waals surface area contributed by atoms with Crippen molar-refractivity contribution in [1.82, 2.24) is 15.2 Å². The number of rotatable bonds is 2. The van der Waals surface area contributed by atoms with Crippen LogP contribution in [0.2, 0.25) is 0 Å². The van der Waals surface area contributed by atoms with E-state index in [1.54, 1.807) is 13.8 Å². The minimum absolute atomic E-state index is 0.0232. The Morgan fingerprint density at radius 1 is 1.18 bits per heavy atom. The molecule has 0 unspecified atom stereocenters. The molecule has 0 spiro atoms. The molecule has 2 N–H and O–H groups in total. The van der Waals surface area contributed by atoms with E-state index in [2.05, 4.69) is 15.2 Å². The lowest BCUT2D eigenvalue weighted by atomic mass is 10.3. The summed E-state index contributed by atoms with van der Waals surface area (Å²) < 4.78 is 18.6. The number of nitrogens with zero attached hydrogens (tertiary/aromatic N) is 3. The van der Waals surface area contributed by atoms with Gasteiger partial charge in [0, 0.05) is 0 Å². The standard InChI is InChI=1S/C11H11FN4O/c1-6-7(2)15-16-11(14-6)17-10-8(12)4-3-5-9(10)13/h3-5H,13H2,1-2H3. The third-order valence-electron chi connectivity index (χ3n) is 2.26. The van der Waals surface area contributed by atoms with Gasteiger partial charge < -0.3 is 10.5 Å². The van der Waals surface area contributed by atoms with Crippen LogP contribution in [0, 0.1) is 19.7 Å². The van der Waals surface area contributed by atoms with Crippen molar-refractivity contribution in [3.8, 4) is 11.8 Å². The highest BCUT2D eigenvalue weighted by Gasteiger charge is 2.11. The van der Waals surface area contributed by atoms with Gasteiger partial charge in [0.25, 0.3) is 0 Å². The average Bonchev–Trinajstić information content (AvgIpc) is 2.28. The minimum atomic E-state index is -0.563. The second kappa shape index (κ2) is 4.32. The van der Waals surface area contributed by atoms with Crippen LogP contribution in [0.3, 0.4) is 0 Å². The quantitative estimate of drug-likeness (QED) is 0.804. The molecule has 1 heterocycles. The molecule has 0 saturated carbocycles. The van der Waals surface area contributed by atoms with Crippen LogP contribution in [0.25, 0.3) is 0 Å². The molecule has 0 aliphatic rings. The smallest absolute Gasteiger partial charge is 0.341 e. The van der Waals surface area contributed by atoms with Crippen LogP contribution < -0.4 is 10.5 Å². The number of hydrogen-bond donors (Lipinski definition) is 1. The van der Waals surface area contributed by atoms with Crippen LogP contribution in [-0.4, -0.2) is 15.2 Å². The van der Waals surface area contributed by atoms with E-state index >= 15 is 0 Å². The Balaban J connectivity index is 2.35. The van der Waals surface area contributed by atoms with E-state index in [1.165, 1.54) is 18.2 Å². The summed E-state index contributed by atoms with van der Waals surface area (Å²) in [6.45, 7) is 3.54. The van der Waals surface area contributed by atoms with Gasteiger partial charge in [-0.2, -0.15) is 4.98 Å². The van der Waals surface area contributed by atoms with E-state index in [9.17, 15) is 4.39 Å². The Kier molecular flexibility index (Phi) is 2.86. The molecule has 0 amide bonds. The van der Waals surface area contributed by atoms with Gasteiger partial charge in [0.2, 0.25) is 0 Å². The minimum Gasteiger partial charge on any atom is -0.418 e. The fourth-order valence-corrected chi connectivity index (χ4v) is 1.20. The number of aryl methyl sites for hydroxylation is 2. The Labute approximate surface area is 97.5 Å². The SMILES string of the molecule is Cc1nnc(Oc2c(N)cccc2F)nc1C. The van der Waals surface area contributed by atoms with Crippen molar-refractivity contribution in [3.63, 3.8) is 0 Å². The number of hydrogen-bond acceptors (Lipinski definition) is 5. The Hall–Kier alpha value is -2.24. The van der Waals surface area contributed by atoms with Gasteiger partial charge in [-0.3, -0.25) is 0 Å². The van der Waals surface area contributed by atoms with E-state index in [0.29, 0.717) is 11.4 Å². The maximum absolute atomic E-state index is 13.4. The summed E-state index contributed by atoms with van der Waals surface area (Å²) >= 11 is 0. The van der Waals surface area contributed by atoms with Crippen LogP contribution in [0.15, 0.2) is 18.2 Å². The molecular formula is C11H11FN4O. The van der Waals surface area contributed by atoms with Gasteiger partial charge >= 0.3 is 6.01 Å². The van der Waals surface area contributed by atoms with Crippen molar-refractivity contribution in [2.75, 3.05) is 5.73 Å². The summed E-state index contributed by atoms with van der Waals surface area (Å²) in [5.74, 6) is -0.649. The number of nitrogens with two attached hydrogens (primary N) is 1. The van der Waals surface area contributed by atoms with Gasteiger partial charge in [-0.1, -0.05) is 11.2 Å². The summed E-state index contributed by atoms with van der Waals surface area (Å²) in [7, 11) is 0. The van der Waals surface area contributed by atoms with Crippen LogP contribution in [0.4, 0.5) is 10.1 Å². The lowest BCUT2D eigenvalue weighted by Gasteiger charge is -2.07. The molecule has 0 bridgehead atoms. The molecule has 88 valence electrons. The summed E-state index contributed by atoms with van der Waals surface area (Å²) in [4.78, 5) is 4.03. The molecule has 17 heavy (non-hydrogen) atoms. The lowest BCUT2D eigenvalue weighted by molar-refractivity contribution is 0.404. The highest BCUT2D eigenvalue weighted by atomic mass is 19.1. The van der Waals surface area contributed by atoms with Crippen LogP contribution >= 0.6 is 0 Å². The van der Waals surface area contributed by atoms with Crippen LogP contribution in [-0.2, 0) is 0 Å². The average molecular weight is 234 g/mol. The van der Waals surface area contributed by atoms with Crippen molar-refractivity contribution >= 4 is 5.69 Å².